The Balaban J connectivity index is 1.84. The van der Waals surface area contributed by atoms with Crippen LogP contribution in [0.15, 0.2) is 4.52 Å². The van der Waals surface area contributed by atoms with Crippen LogP contribution in [0.3, 0.4) is 0 Å². The quantitative estimate of drug-likeness (QED) is 0.743. The van der Waals surface area contributed by atoms with Gasteiger partial charge in [-0.1, -0.05) is 12.1 Å². The predicted octanol–water partition coefficient (Wildman–Crippen LogP) is 0.165. The largest absolute Gasteiger partial charge is 0.339 e. The smallest absolute Gasteiger partial charge is 0.226 e. The first-order chi connectivity index (χ1) is 6.78. The minimum absolute atomic E-state index is 0.331. The third-order valence-electron chi connectivity index (χ3n) is 2.32. The fraction of sp³-hybridized carbons (Fsp3) is 0.778. The molecule has 0 aliphatic carbocycles. The third kappa shape index (κ3) is 2.10. The minimum atomic E-state index is 0.331. The van der Waals surface area contributed by atoms with E-state index in [2.05, 4.69) is 22.0 Å². The summed E-state index contributed by atoms with van der Waals surface area (Å²) in [5.41, 5.74) is 5.67. The Bertz CT molecular complexity index is 293. The van der Waals surface area contributed by atoms with E-state index in [1.807, 2.05) is 0 Å². The van der Waals surface area contributed by atoms with Gasteiger partial charge >= 0.3 is 0 Å². The second-order valence-electron chi connectivity index (χ2n) is 3.81. The van der Waals surface area contributed by atoms with Crippen molar-refractivity contribution in [2.75, 3.05) is 13.1 Å². The Labute approximate surface area is 83.3 Å². The van der Waals surface area contributed by atoms with Crippen LogP contribution in [0.4, 0.5) is 0 Å². The van der Waals surface area contributed by atoms with E-state index in [4.69, 9.17) is 10.3 Å². The van der Waals surface area contributed by atoms with Gasteiger partial charge in [0, 0.05) is 25.6 Å². The molecular weight excluding hydrogens is 180 g/mol. The first-order valence-electron chi connectivity index (χ1n) is 5.07. The summed E-state index contributed by atoms with van der Waals surface area (Å²) in [6, 6.07) is 0.331. The lowest BCUT2D eigenvalue weighted by Gasteiger charge is -2.35. The number of aromatic nitrogens is 2. The van der Waals surface area contributed by atoms with E-state index < -0.39 is 0 Å². The number of nitrogens with two attached hydrogens (primary N) is 1. The van der Waals surface area contributed by atoms with Crippen LogP contribution in [-0.4, -0.2) is 34.2 Å². The highest BCUT2D eigenvalue weighted by atomic mass is 16.5. The van der Waals surface area contributed by atoms with Gasteiger partial charge in [0.1, 0.15) is 0 Å². The van der Waals surface area contributed by atoms with Crippen LogP contribution >= 0.6 is 0 Å². The summed E-state index contributed by atoms with van der Waals surface area (Å²) in [6.07, 6.45) is 1.91. The summed E-state index contributed by atoms with van der Waals surface area (Å²) in [7, 11) is 0. The first kappa shape index (κ1) is 9.61. The molecule has 1 saturated heterocycles. The van der Waals surface area contributed by atoms with Gasteiger partial charge in [0.2, 0.25) is 5.89 Å². The fourth-order valence-corrected chi connectivity index (χ4v) is 1.61. The second-order valence-corrected chi connectivity index (χ2v) is 3.81. The van der Waals surface area contributed by atoms with Crippen LogP contribution in [0, 0.1) is 0 Å². The van der Waals surface area contributed by atoms with Gasteiger partial charge in [0.15, 0.2) is 5.82 Å². The van der Waals surface area contributed by atoms with Crippen LogP contribution in [-0.2, 0) is 13.0 Å². The number of rotatable bonds is 4. The van der Waals surface area contributed by atoms with Crippen molar-refractivity contribution in [1.29, 1.82) is 0 Å². The maximum absolute atomic E-state index is 5.67. The average Bonchev–Trinajstić information content (AvgIpc) is 2.51. The molecule has 1 aliphatic heterocycles. The molecule has 0 amide bonds. The Morgan fingerprint density at radius 3 is 3.00 bits per heavy atom. The molecule has 2 N–H and O–H groups in total. The lowest BCUT2D eigenvalue weighted by molar-refractivity contribution is 0.137. The Kier molecular flexibility index (Phi) is 2.79. The summed E-state index contributed by atoms with van der Waals surface area (Å²) in [5, 5.41) is 3.91. The van der Waals surface area contributed by atoms with Crippen molar-refractivity contribution in [2.24, 2.45) is 5.73 Å². The lowest BCUT2D eigenvalue weighted by atomic mass is 10.1. The van der Waals surface area contributed by atoms with Crippen molar-refractivity contribution < 1.29 is 4.52 Å². The third-order valence-corrected chi connectivity index (χ3v) is 2.32. The van der Waals surface area contributed by atoms with Gasteiger partial charge in [-0.3, -0.25) is 4.90 Å². The van der Waals surface area contributed by atoms with Crippen LogP contribution in [0.5, 0.6) is 0 Å². The minimum Gasteiger partial charge on any atom is -0.339 e. The maximum atomic E-state index is 5.67. The molecule has 0 unspecified atom stereocenters. The molecule has 2 heterocycles. The van der Waals surface area contributed by atoms with E-state index in [0.29, 0.717) is 6.04 Å². The first-order valence-corrected chi connectivity index (χ1v) is 5.07. The Morgan fingerprint density at radius 1 is 1.57 bits per heavy atom. The second kappa shape index (κ2) is 4.06. The molecule has 14 heavy (non-hydrogen) atoms. The van der Waals surface area contributed by atoms with E-state index in [1.165, 1.54) is 0 Å². The van der Waals surface area contributed by atoms with E-state index >= 15 is 0 Å². The number of aryl methyl sites for hydroxylation is 1. The molecular formula is C9H16N4O. The van der Waals surface area contributed by atoms with Gasteiger partial charge in [-0.25, -0.2) is 0 Å². The molecule has 1 aromatic rings. The number of likely N-dealkylation sites (tertiary alicyclic amines) is 1. The molecule has 0 radical (unpaired) electrons. The average molecular weight is 196 g/mol. The van der Waals surface area contributed by atoms with Gasteiger partial charge in [0.05, 0.1) is 6.54 Å². The van der Waals surface area contributed by atoms with Crippen molar-refractivity contribution in [3.05, 3.63) is 11.7 Å². The normalized spacial score (nSPS) is 18.4. The predicted molar refractivity (Wildman–Crippen MR) is 51.5 cm³/mol. The Morgan fingerprint density at radius 2 is 2.36 bits per heavy atom. The summed E-state index contributed by atoms with van der Waals surface area (Å²) < 4.78 is 5.08. The highest BCUT2D eigenvalue weighted by Crippen LogP contribution is 2.10. The molecule has 0 bridgehead atoms. The van der Waals surface area contributed by atoms with Crippen LogP contribution in [0.1, 0.15) is 25.1 Å². The van der Waals surface area contributed by atoms with Crippen molar-refractivity contribution >= 4 is 0 Å². The van der Waals surface area contributed by atoms with Crippen molar-refractivity contribution in [3.8, 4) is 0 Å². The molecule has 0 aromatic carbocycles. The monoisotopic (exact) mass is 196 g/mol. The zero-order valence-electron chi connectivity index (χ0n) is 8.44. The maximum Gasteiger partial charge on any atom is 0.226 e. The molecule has 0 atom stereocenters. The van der Waals surface area contributed by atoms with E-state index in [9.17, 15) is 0 Å². The Hall–Kier alpha value is -0.940. The SMILES string of the molecule is CCCc1nc(CN2CC(N)C2)no1. The van der Waals surface area contributed by atoms with Crippen LogP contribution in [0.25, 0.3) is 0 Å². The summed E-state index contributed by atoms with van der Waals surface area (Å²) in [5.74, 6) is 1.52. The molecule has 1 aromatic heterocycles. The lowest BCUT2D eigenvalue weighted by Crippen LogP contribution is -2.55. The van der Waals surface area contributed by atoms with Gasteiger partial charge < -0.3 is 10.3 Å². The molecule has 5 nitrogen and oxygen atoms in total. The van der Waals surface area contributed by atoms with E-state index in [0.717, 1.165) is 44.2 Å². The fourth-order valence-electron chi connectivity index (χ4n) is 1.61. The van der Waals surface area contributed by atoms with Crippen LogP contribution < -0.4 is 5.73 Å². The van der Waals surface area contributed by atoms with Crippen molar-refractivity contribution in [1.82, 2.24) is 15.0 Å². The molecule has 5 heteroatoms. The zero-order chi connectivity index (χ0) is 9.97. The summed E-state index contributed by atoms with van der Waals surface area (Å²) in [6.45, 7) is 4.74. The molecule has 0 saturated carbocycles. The standard InChI is InChI=1S/C9H16N4O/c1-2-3-9-11-8(12-14-9)6-13-4-7(10)5-13/h7H,2-6,10H2,1H3. The number of nitrogens with zero attached hydrogens (tertiary/aromatic N) is 3. The van der Waals surface area contributed by atoms with E-state index in [1.54, 1.807) is 0 Å². The summed E-state index contributed by atoms with van der Waals surface area (Å²) >= 11 is 0. The van der Waals surface area contributed by atoms with Crippen LogP contribution in [0.2, 0.25) is 0 Å². The van der Waals surface area contributed by atoms with Crippen molar-refractivity contribution in [2.45, 2.75) is 32.4 Å². The highest BCUT2D eigenvalue weighted by molar-refractivity contribution is 4.91. The molecule has 0 spiro atoms. The van der Waals surface area contributed by atoms with Gasteiger partial charge in [0.25, 0.3) is 0 Å². The van der Waals surface area contributed by atoms with E-state index in [-0.39, 0.29) is 0 Å². The topological polar surface area (TPSA) is 68.2 Å². The molecule has 2 rings (SSSR count). The highest BCUT2D eigenvalue weighted by Gasteiger charge is 2.24. The molecule has 1 fully saturated rings. The summed E-state index contributed by atoms with van der Waals surface area (Å²) in [4.78, 5) is 6.50. The van der Waals surface area contributed by atoms with Gasteiger partial charge in [-0.05, 0) is 6.42 Å². The number of hydrogen-bond donors (Lipinski definition) is 1. The van der Waals surface area contributed by atoms with Gasteiger partial charge in [-0.15, -0.1) is 0 Å². The zero-order valence-corrected chi connectivity index (χ0v) is 8.44. The number of hydrogen-bond acceptors (Lipinski definition) is 5. The molecule has 78 valence electrons. The molecule has 1 aliphatic rings. The van der Waals surface area contributed by atoms with Crippen molar-refractivity contribution in [3.63, 3.8) is 0 Å². The van der Waals surface area contributed by atoms with Gasteiger partial charge in [-0.2, -0.15) is 4.98 Å².